The van der Waals surface area contributed by atoms with E-state index in [9.17, 15) is 10.1 Å². The Balaban J connectivity index is 2.24. The van der Waals surface area contributed by atoms with Gasteiger partial charge in [-0.25, -0.2) is 4.79 Å². The normalized spacial score (nSPS) is 12.7. The van der Waals surface area contributed by atoms with Crippen LogP contribution in [0, 0.1) is 11.3 Å². The molecule has 0 amide bonds. The molecule has 0 N–H and O–H groups in total. The summed E-state index contributed by atoms with van der Waals surface area (Å²) in [5, 5.41) is 9.63. The number of nitriles is 1. The second-order valence-corrected chi connectivity index (χ2v) is 4.94. The van der Waals surface area contributed by atoms with E-state index in [0.29, 0.717) is 5.56 Å². The van der Waals surface area contributed by atoms with Gasteiger partial charge < -0.3 is 4.74 Å². The predicted molar refractivity (Wildman–Crippen MR) is 84.8 cm³/mol. The highest BCUT2D eigenvalue weighted by molar-refractivity contribution is 5.87. The lowest BCUT2D eigenvalue weighted by Gasteiger charge is -2.23. The van der Waals surface area contributed by atoms with Gasteiger partial charge in [-0.15, -0.1) is 6.58 Å². The first-order valence-corrected chi connectivity index (χ1v) is 7.02. The van der Waals surface area contributed by atoms with Gasteiger partial charge in [0.25, 0.3) is 0 Å². The third-order valence-electron chi connectivity index (χ3n) is 3.47. The van der Waals surface area contributed by atoms with Crippen LogP contribution in [0.1, 0.15) is 17.5 Å². The molecule has 0 aliphatic rings. The van der Waals surface area contributed by atoms with Crippen molar-refractivity contribution in [3.05, 3.63) is 84.4 Å². The zero-order valence-corrected chi connectivity index (χ0v) is 12.2. The highest BCUT2D eigenvalue weighted by atomic mass is 16.5. The van der Waals surface area contributed by atoms with Crippen molar-refractivity contribution in [2.75, 3.05) is 0 Å². The van der Waals surface area contributed by atoms with Gasteiger partial charge in [0, 0.05) is 0 Å². The Hall–Kier alpha value is -2.86. The number of hydrogen-bond acceptors (Lipinski definition) is 3. The van der Waals surface area contributed by atoms with Crippen molar-refractivity contribution < 1.29 is 9.53 Å². The minimum atomic E-state index is -1.35. The van der Waals surface area contributed by atoms with Crippen molar-refractivity contribution in [3.8, 4) is 6.07 Å². The Labute approximate surface area is 130 Å². The van der Waals surface area contributed by atoms with E-state index in [2.05, 4.69) is 12.6 Å². The van der Waals surface area contributed by atoms with Crippen molar-refractivity contribution in [2.24, 2.45) is 0 Å². The zero-order valence-electron chi connectivity index (χ0n) is 12.2. The van der Waals surface area contributed by atoms with Crippen LogP contribution in [0.3, 0.4) is 0 Å². The number of ether oxygens (including phenoxy) is 1. The lowest BCUT2D eigenvalue weighted by Crippen LogP contribution is -2.35. The van der Waals surface area contributed by atoms with Crippen LogP contribution in [0.2, 0.25) is 0 Å². The summed E-state index contributed by atoms with van der Waals surface area (Å²) in [5.41, 5.74) is 0.155. The van der Waals surface area contributed by atoms with E-state index in [1.54, 1.807) is 30.3 Å². The second kappa shape index (κ2) is 7.24. The first-order valence-electron chi connectivity index (χ1n) is 7.02. The SMILES string of the molecule is C=CC[C@](C#N)(C(=O)OCc1ccccc1)c1ccccc1. The largest absolute Gasteiger partial charge is 0.459 e. The zero-order chi connectivity index (χ0) is 15.8. The van der Waals surface area contributed by atoms with Gasteiger partial charge in [-0.05, 0) is 17.5 Å². The monoisotopic (exact) mass is 291 g/mol. The molecule has 0 heterocycles. The average molecular weight is 291 g/mol. The van der Waals surface area contributed by atoms with Gasteiger partial charge in [0.1, 0.15) is 6.61 Å². The van der Waals surface area contributed by atoms with E-state index in [1.807, 2.05) is 36.4 Å². The summed E-state index contributed by atoms with van der Waals surface area (Å²) in [6, 6.07) is 20.5. The standard InChI is InChI=1S/C19H17NO2/c1-2-13-19(15-20,17-11-7-4-8-12-17)18(21)22-14-16-9-5-3-6-10-16/h2-12H,1,13-14H2/t19-/m1/s1. The molecule has 2 rings (SSSR count). The molecule has 0 spiro atoms. The fourth-order valence-corrected chi connectivity index (χ4v) is 2.26. The summed E-state index contributed by atoms with van der Waals surface area (Å²) in [7, 11) is 0. The Kier molecular flexibility index (Phi) is 5.11. The lowest BCUT2D eigenvalue weighted by molar-refractivity contribution is -0.149. The van der Waals surface area contributed by atoms with Crippen LogP contribution in [0.15, 0.2) is 73.3 Å². The molecule has 0 radical (unpaired) electrons. The average Bonchev–Trinajstić information content (AvgIpc) is 2.59. The Morgan fingerprint density at radius 1 is 1.14 bits per heavy atom. The summed E-state index contributed by atoms with van der Waals surface area (Å²) in [5.74, 6) is -0.551. The van der Waals surface area contributed by atoms with Gasteiger partial charge in [-0.3, -0.25) is 0 Å². The number of carbonyl (C=O) groups is 1. The molecule has 2 aromatic rings. The molecule has 0 saturated carbocycles. The van der Waals surface area contributed by atoms with Crippen molar-refractivity contribution in [3.63, 3.8) is 0 Å². The molecule has 1 atom stereocenters. The first-order chi connectivity index (χ1) is 10.7. The second-order valence-electron chi connectivity index (χ2n) is 4.94. The maximum absolute atomic E-state index is 12.6. The van der Waals surface area contributed by atoms with Crippen LogP contribution in [-0.4, -0.2) is 5.97 Å². The van der Waals surface area contributed by atoms with Crippen LogP contribution < -0.4 is 0 Å². The number of rotatable bonds is 6. The van der Waals surface area contributed by atoms with Gasteiger partial charge in [0.05, 0.1) is 6.07 Å². The number of carbonyl (C=O) groups excluding carboxylic acids is 1. The molecular formula is C19H17NO2. The fourth-order valence-electron chi connectivity index (χ4n) is 2.26. The molecule has 110 valence electrons. The van der Waals surface area contributed by atoms with Gasteiger partial charge in [-0.1, -0.05) is 66.7 Å². The highest BCUT2D eigenvalue weighted by Gasteiger charge is 2.41. The Bertz CT molecular complexity index is 674. The highest BCUT2D eigenvalue weighted by Crippen LogP contribution is 2.30. The summed E-state index contributed by atoms with van der Waals surface area (Å²) < 4.78 is 5.38. The van der Waals surface area contributed by atoms with Gasteiger partial charge in [-0.2, -0.15) is 5.26 Å². The molecule has 0 fully saturated rings. The van der Waals surface area contributed by atoms with Crippen molar-refractivity contribution in [2.45, 2.75) is 18.4 Å². The maximum atomic E-state index is 12.6. The molecule has 0 saturated heterocycles. The van der Waals surface area contributed by atoms with Crippen LogP contribution in [0.4, 0.5) is 0 Å². The number of hydrogen-bond donors (Lipinski definition) is 0. The van der Waals surface area contributed by atoms with E-state index < -0.39 is 11.4 Å². The predicted octanol–water partition coefficient (Wildman–Crippen LogP) is 3.77. The van der Waals surface area contributed by atoms with Crippen LogP contribution in [0.25, 0.3) is 0 Å². The lowest BCUT2D eigenvalue weighted by atomic mass is 9.79. The maximum Gasteiger partial charge on any atom is 0.331 e. The van der Waals surface area contributed by atoms with Crippen molar-refractivity contribution in [1.82, 2.24) is 0 Å². The molecule has 0 aliphatic carbocycles. The van der Waals surface area contributed by atoms with Gasteiger partial charge in [0.15, 0.2) is 5.41 Å². The topological polar surface area (TPSA) is 50.1 Å². The third-order valence-corrected chi connectivity index (χ3v) is 3.47. The number of esters is 1. The van der Waals surface area contributed by atoms with E-state index >= 15 is 0 Å². The Morgan fingerprint density at radius 3 is 2.27 bits per heavy atom. The van der Waals surface area contributed by atoms with Crippen molar-refractivity contribution in [1.29, 1.82) is 5.26 Å². The number of allylic oxidation sites excluding steroid dienone is 1. The number of nitrogens with zero attached hydrogens (tertiary/aromatic N) is 1. The summed E-state index contributed by atoms with van der Waals surface area (Å²) >= 11 is 0. The molecule has 0 aromatic heterocycles. The van der Waals surface area contributed by atoms with Crippen molar-refractivity contribution >= 4 is 5.97 Å². The van der Waals surface area contributed by atoms with E-state index in [-0.39, 0.29) is 13.0 Å². The molecule has 3 heteroatoms. The van der Waals surface area contributed by atoms with E-state index in [1.165, 1.54) is 0 Å². The molecular weight excluding hydrogens is 274 g/mol. The summed E-state index contributed by atoms with van der Waals surface area (Å²) in [6.07, 6.45) is 1.78. The number of benzene rings is 2. The van der Waals surface area contributed by atoms with Crippen LogP contribution >= 0.6 is 0 Å². The molecule has 3 nitrogen and oxygen atoms in total. The van der Waals surface area contributed by atoms with E-state index in [4.69, 9.17) is 4.74 Å². The third kappa shape index (κ3) is 3.24. The molecule has 22 heavy (non-hydrogen) atoms. The smallest absolute Gasteiger partial charge is 0.331 e. The van der Waals surface area contributed by atoms with Crippen LogP contribution in [0.5, 0.6) is 0 Å². The van der Waals surface area contributed by atoms with Crippen LogP contribution in [-0.2, 0) is 21.6 Å². The summed E-state index contributed by atoms with van der Waals surface area (Å²) in [4.78, 5) is 12.6. The molecule has 2 aromatic carbocycles. The van der Waals surface area contributed by atoms with Gasteiger partial charge >= 0.3 is 5.97 Å². The molecule has 0 unspecified atom stereocenters. The van der Waals surface area contributed by atoms with E-state index in [0.717, 1.165) is 5.56 Å². The van der Waals surface area contributed by atoms with Gasteiger partial charge in [0.2, 0.25) is 0 Å². The minimum Gasteiger partial charge on any atom is -0.459 e. The Morgan fingerprint density at radius 2 is 1.73 bits per heavy atom. The first kappa shape index (κ1) is 15.5. The fraction of sp³-hybridized carbons (Fsp3) is 0.158. The molecule has 0 bridgehead atoms. The quantitative estimate of drug-likeness (QED) is 0.601. The summed E-state index contributed by atoms with van der Waals surface area (Å²) in [6.45, 7) is 3.81. The minimum absolute atomic E-state index is 0.146. The molecule has 0 aliphatic heterocycles.